The van der Waals surface area contributed by atoms with Gasteiger partial charge in [-0.25, -0.2) is 9.78 Å². The van der Waals surface area contributed by atoms with Crippen molar-refractivity contribution in [2.75, 3.05) is 45.4 Å². The Labute approximate surface area is 235 Å². The normalized spacial score (nSPS) is 15.3. The smallest absolute Gasteiger partial charge is 0.409 e. The molecule has 1 aromatic heterocycles. The number of piperidine rings is 1. The predicted molar refractivity (Wildman–Crippen MR) is 153 cm³/mol. The molecule has 0 spiro atoms. The van der Waals surface area contributed by atoms with Crippen LogP contribution in [0.15, 0.2) is 54.6 Å². The Morgan fingerprint density at radius 3 is 2.48 bits per heavy atom. The van der Waals surface area contributed by atoms with Crippen molar-refractivity contribution in [1.29, 1.82) is 0 Å². The van der Waals surface area contributed by atoms with Crippen LogP contribution in [0.1, 0.15) is 41.3 Å². The molecule has 210 valence electrons. The number of amides is 2. The van der Waals surface area contributed by atoms with Gasteiger partial charge in [0.25, 0.3) is 5.91 Å². The summed E-state index contributed by atoms with van der Waals surface area (Å²) in [5, 5.41) is 3.20. The number of nitrogens with one attached hydrogen (secondary N) is 1. The van der Waals surface area contributed by atoms with E-state index in [1.54, 1.807) is 26.0 Å². The Morgan fingerprint density at radius 2 is 1.75 bits per heavy atom. The molecular weight excluding hydrogens is 508 g/mol. The fraction of sp³-hybridized carbons (Fsp3) is 0.387. The lowest BCUT2D eigenvalue weighted by atomic mass is 9.99. The standard InChI is InChI=1S/C31H36N4O5/c1-4-40-31(37)34-17-14-23(15-18-34)32-30(36)25-10-11-27(26-19-24(38-2)9-12-28(26)39-3)33-29(25)35-16-13-21-7-5-6-8-22(21)20-35/h5-12,19,23H,4,13-18,20H2,1-3H3,(H,32,36). The second kappa shape index (κ2) is 12.3. The number of likely N-dealkylation sites (tertiary alicyclic amines) is 1. The number of aromatic nitrogens is 1. The van der Waals surface area contributed by atoms with E-state index in [1.807, 2.05) is 36.4 Å². The second-order valence-electron chi connectivity index (χ2n) is 10.0. The van der Waals surface area contributed by atoms with E-state index in [0.717, 1.165) is 18.5 Å². The number of rotatable bonds is 7. The third-order valence-electron chi connectivity index (χ3n) is 7.59. The van der Waals surface area contributed by atoms with Crippen molar-refractivity contribution in [2.24, 2.45) is 0 Å². The molecule has 40 heavy (non-hydrogen) atoms. The van der Waals surface area contributed by atoms with Gasteiger partial charge in [-0.2, -0.15) is 0 Å². The molecule has 2 amide bonds. The van der Waals surface area contributed by atoms with Crippen LogP contribution in [-0.4, -0.2) is 68.4 Å². The average Bonchev–Trinajstić information content (AvgIpc) is 3.00. The molecule has 0 atom stereocenters. The summed E-state index contributed by atoms with van der Waals surface area (Å²) in [7, 11) is 3.25. The number of carbonyl (C=O) groups is 2. The second-order valence-corrected chi connectivity index (χ2v) is 10.0. The molecule has 0 aliphatic carbocycles. The monoisotopic (exact) mass is 544 g/mol. The van der Waals surface area contributed by atoms with Gasteiger partial charge in [0.2, 0.25) is 0 Å². The van der Waals surface area contributed by atoms with Crippen molar-refractivity contribution in [1.82, 2.24) is 15.2 Å². The zero-order valence-electron chi connectivity index (χ0n) is 23.3. The summed E-state index contributed by atoms with van der Waals surface area (Å²) >= 11 is 0. The van der Waals surface area contributed by atoms with Gasteiger partial charge in [0.15, 0.2) is 0 Å². The number of anilines is 1. The average molecular weight is 545 g/mol. The van der Waals surface area contributed by atoms with Gasteiger partial charge in [-0.1, -0.05) is 24.3 Å². The summed E-state index contributed by atoms with van der Waals surface area (Å²) < 4.78 is 16.2. The van der Waals surface area contributed by atoms with Crippen LogP contribution in [0, 0.1) is 0 Å². The summed E-state index contributed by atoms with van der Waals surface area (Å²) in [6, 6.07) is 17.7. The van der Waals surface area contributed by atoms with Crippen molar-refractivity contribution in [2.45, 2.75) is 38.8 Å². The van der Waals surface area contributed by atoms with E-state index in [4.69, 9.17) is 19.2 Å². The van der Waals surface area contributed by atoms with E-state index in [1.165, 1.54) is 11.1 Å². The van der Waals surface area contributed by atoms with E-state index < -0.39 is 0 Å². The van der Waals surface area contributed by atoms with E-state index >= 15 is 0 Å². The molecular formula is C31H36N4O5. The van der Waals surface area contributed by atoms with Gasteiger partial charge < -0.3 is 29.3 Å². The number of nitrogens with zero attached hydrogens (tertiary/aromatic N) is 3. The van der Waals surface area contributed by atoms with Crippen LogP contribution in [0.4, 0.5) is 10.6 Å². The summed E-state index contributed by atoms with van der Waals surface area (Å²) in [5.41, 5.74) is 4.57. The largest absolute Gasteiger partial charge is 0.497 e. The molecule has 0 unspecified atom stereocenters. The molecule has 9 heteroatoms. The number of benzene rings is 2. The molecule has 2 aromatic carbocycles. The number of hydrogen-bond acceptors (Lipinski definition) is 7. The zero-order chi connectivity index (χ0) is 28.1. The highest BCUT2D eigenvalue weighted by molar-refractivity contribution is 5.99. The van der Waals surface area contributed by atoms with Crippen LogP contribution in [0.2, 0.25) is 0 Å². The van der Waals surface area contributed by atoms with E-state index in [-0.39, 0.29) is 18.0 Å². The molecule has 0 saturated carbocycles. The first-order chi connectivity index (χ1) is 19.5. The lowest BCUT2D eigenvalue weighted by Gasteiger charge is -2.33. The van der Waals surface area contributed by atoms with Gasteiger partial charge in [0, 0.05) is 37.8 Å². The Hall–Kier alpha value is -4.27. The molecule has 2 aliphatic rings. The highest BCUT2D eigenvalue weighted by atomic mass is 16.6. The lowest BCUT2D eigenvalue weighted by Crippen LogP contribution is -2.47. The third-order valence-corrected chi connectivity index (χ3v) is 7.59. The lowest BCUT2D eigenvalue weighted by molar-refractivity contribution is 0.0860. The first-order valence-electron chi connectivity index (χ1n) is 13.8. The fourth-order valence-corrected chi connectivity index (χ4v) is 5.39. The number of pyridine rings is 1. The quantitative estimate of drug-likeness (QED) is 0.462. The Balaban J connectivity index is 1.43. The summed E-state index contributed by atoms with van der Waals surface area (Å²) in [4.78, 5) is 34.7. The Kier molecular flexibility index (Phi) is 8.38. The number of methoxy groups -OCH3 is 2. The Morgan fingerprint density at radius 1 is 0.975 bits per heavy atom. The number of ether oxygens (including phenoxy) is 3. The van der Waals surface area contributed by atoms with Crippen molar-refractivity contribution < 1.29 is 23.8 Å². The topological polar surface area (TPSA) is 93.2 Å². The molecule has 3 heterocycles. The SMILES string of the molecule is CCOC(=O)N1CCC(NC(=O)c2ccc(-c3cc(OC)ccc3OC)nc2N2CCc3ccccc3C2)CC1. The molecule has 5 rings (SSSR count). The van der Waals surface area contributed by atoms with E-state index in [9.17, 15) is 9.59 Å². The first-order valence-corrected chi connectivity index (χ1v) is 13.8. The predicted octanol–water partition coefficient (Wildman–Crippen LogP) is 4.68. The van der Waals surface area contributed by atoms with Crippen molar-refractivity contribution in [3.05, 3.63) is 71.3 Å². The number of hydrogen-bond donors (Lipinski definition) is 1. The van der Waals surface area contributed by atoms with Gasteiger partial charge in [-0.05, 0) is 67.6 Å². The van der Waals surface area contributed by atoms with E-state index in [0.29, 0.717) is 67.7 Å². The third kappa shape index (κ3) is 5.83. The molecule has 1 fully saturated rings. The number of fused-ring (bicyclic) bond motifs is 1. The maximum Gasteiger partial charge on any atom is 0.409 e. The minimum absolute atomic E-state index is 0.0359. The summed E-state index contributed by atoms with van der Waals surface area (Å²) in [6.07, 6.45) is 1.91. The number of carbonyl (C=O) groups excluding carboxylic acids is 2. The molecule has 1 saturated heterocycles. The van der Waals surface area contributed by atoms with E-state index in [2.05, 4.69) is 28.4 Å². The van der Waals surface area contributed by atoms with Gasteiger partial charge >= 0.3 is 6.09 Å². The van der Waals surface area contributed by atoms with Gasteiger partial charge in [0.05, 0.1) is 32.1 Å². The first kappa shape index (κ1) is 27.3. The molecule has 0 bridgehead atoms. The fourth-order valence-electron chi connectivity index (χ4n) is 5.39. The highest BCUT2D eigenvalue weighted by Crippen LogP contribution is 2.35. The van der Waals surface area contributed by atoms with Crippen LogP contribution in [-0.2, 0) is 17.7 Å². The van der Waals surface area contributed by atoms with Crippen LogP contribution < -0.4 is 19.7 Å². The summed E-state index contributed by atoms with van der Waals surface area (Å²) in [5.74, 6) is 1.84. The van der Waals surface area contributed by atoms with Crippen LogP contribution in [0.3, 0.4) is 0 Å². The molecule has 0 radical (unpaired) electrons. The zero-order valence-corrected chi connectivity index (χ0v) is 23.3. The van der Waals surface area contributed by atoms with Crippen LogP contribution in [0.25, 0.3) is 11.3 Å². The molecule has 9 nitrogen and oxygen atoms in total. The molecule has 3 aromatic rings. The minimum Gasteiger partial charge on any atom is -0.497 e. The van der Waals surface area contributed by atoms with Crippen molar-refractivity contribution in [3.8, 4) is 22.8 Å². The maximum atomic E-state index is 13.7. The van der Waals surface area contributed by atoms with Crippen LogP contribution >= 0.6 is 0 Å². The Bertz CT molecular complexity index is 1370. The van der Waals surface area contributed by atoms with Gasteiger partial charge in [0.1, 0.15) is 17.3 Å². The van der Waals surface area contributed by atoms with Crippen molar-refractivity contribution in [3.63, 3.8) is 0 Å². The maximum absolute atomic E-state index is 13.7. The molecule has 1 N–H and O–H groups in total. The highest BCUT2D eigenvalue weighted by Gasteiger charge is 2.28. The van der Waals surface area contributed by atoms with Gasteiger partial charge in [-0.15, -0.1) is 0 Å². The summed E-state index contributed by atoms with van der Waals surface area (Å²) in [6.45, 7) is 4.66. The van der Waals surface area contributed by atoms with Crippen molar-refractivity contribution >= 4 is 17.8 Å². The van der Waals surface area contributed by atoms with Gasteiger partial charge in [-0.3, -0.25) is 4.79 Å². The minimum atomic E-state index is -0.298. The molecule has 2 aliphatic heterocycles. The van der Waals surface area contributed by atoms with Crippen LogP contribution in [0.5, 0.6) is 11.5 Å².